The number of hydrogen-bond donors (Lipinski definition) is 1. The van der Waals surface area contributed by atoms with Crippen molar-refractivity contribution in [3.63, 3.8) is 0 Å². The first-order valence-electron chi connectivity index (χ1n) is 12.1. The quantitative estimate of drug-likeness (QED) is 0.509. The lowest BCUT2D eigenvalue weighted by Crippen LogP contribution is -2.58. The first-order valence-corrected chi connectivity index (χ1v) is 12.1. The van der Waals surface area contributed by atoms with Gasteiger partial charge in [0.2, 0.25) is 23.6 Å². The number of benzene rings is 1. The van der Waals surface area contributed by atoms with E-state index >= 15 is 0 Å². The Morgan fingerprint density at radius 2 is 1.31 bits per heavy atom. The molecule has 2 aliphatic rings. The molecule has 10 nitrogen and oxygen atoms in total. The van der Waals surface area contributed by atoms with Gasteiger partial charge in [0.15, 0.2) is 0 Å². The molecule has 2 atom stereocenters. The summed E-state index contributed by atoms with van der Waals surface area (Å²) in [4.78, 5) is 78.5. The van der Waals surface area contributed by atoms with E-state index in [1.807, 2.05) is 13.8 Å². The Bertz CT molecular complexity index is 1040. The second kappa shape index (κ2) is 11.2. The summed E-state index contributed by atoms with van der Waals surface area (Å²) in [5.41, 5.74) is 1.23. The normalized spacial score (nSPS) is 21.2. The van der Waals surface area contributed by atoms with Gasteiger partial charge in [0.25, 0.3) is 0 Å². The number of nitrogens with one attached hydrogen (secondary N) is 1. The van der Waals surface area contributed by atoms with E-state index < -0.39 is 47.5 Å². The molecule has 188 valence electrons. The third-order valence-electron chi connectivity index (χ3n) is 6.43. The molecule has 2 aliphatic heterocycles. The van der Waals surface area contributed by atoms with E-state index in [9.17, 15) is 28.8 Å². The Morgan fingerprint density at radius 3 is 1.91 bits per heavy atom. The van der Waals surface area contributed by atoms with Crippen molar-refractivity contribution in [2.45, 2.75) is 65.5 Å². The lowest BCUT2D eigenvalue weighted by Gasteiger charge is -2.35. The molecule has 1 aromatic rings. The number of nitrogens with zero attached hydrogens (tertiary/aromatic N) is 3. The van der Waals surface area contributed by atoms with Crippen molar-refractivity contribution in [3.8, 4) is 0 Å². The van der Waals surface area contributed by atoms with E-state index in [1.165, 1.54) is 7.05 Å². The number of carbonyl (C=O) groups is 6. The van der Waals surface area contributed by atoms with Crippen LogP contribution < -0.4 is 5.32 Å². The SMILES string of the molecule is CCCCC1C(=O)NC(=O)N(Cc2cccc(CN3C(=O)C(CCCC)C(=O)N(C)C3=O)c2)C1=O. The monoisotopic (exact) mass is 484 g/mol. The number of amides is 8. The van der Waals surface area contributed by atoms with Gasteiger partial charge in [-0.1, -0.05) is 63.8 Å². The standard InChI is InChI=1S/C25H32N4O6/c1-4-6-11-18-20(30)26-24(34)28(22(18)32)14-16-9-8-10-17(13-16)15-29-23(33)19(12-7-5-2)21(31)27(3)25(29)35/h8-10,13,18-19H,4-7,11-12,14-15H2,1-3H3,(H,26,30,34). The summed E-state index contributed by atoms with van der Waals surface area (Å²) in [6, 6.07) is 5.42. The van der Waals surface area contributed by atoms with Gasteiger partial charge < -0.3 is 0 Å². The van der Waals surface area contributed by atoms with Crippen LogP contribution in [0, 0.1) is 11.8 Å². The van der Waals surface area contributed by atoms with Gasteiger partial charge in [0.05, 0.1) is 13.1 Å². The molecule has 0 aromatic heterocycles. The van der Waals surface area contributed by atoms with Crippen molar-refractivity contribution in [1.82, 2.24) is 20.0 Å². The largest absolute Gasteiger partial charge is 0.333 e. The molecule has 0 spiro atoms. The van der Waals surface area contributed by atoms with Crippen LogP contribution in [0.2, 0.25) is 0 Å². The molecule has 1 N–H and O–H groups in total. The first kappa shape index (κ1) is 26.1. The van der Waals surface area contributed by atoms with Crippen molar-refractivity contribution >= 4 is 35.7 Å². The summed E-state index contributed by atoms with van der Waals surface area (Å²) < 4.78 is 0. The summed E-state index contributed by atoms with van der Waals surface area (Å²) in [7, 11) is 1.37. The molecule has 8 amide bonds. The molecule has 10 heteroatoms. The van der Waals surface area contributed by atoms with Crippen LogP contribution in [0.3, 0.4) is 0 Å². The van der Waals surface area contributed by atoms with Gasteiger partial charge in [-0.3, -0.25) is 39.2 Å². The molecule has 0 radical (unpaired) electrons. The first-order chi connectivity index (χ1) is 16.7. The predicted octanol–water partition coefficient (Wildman–Crippen LogP) is 2.80. The molecule has 2 unspecified atom stereocenters. The molecule has 2 saturated heterocycles. The molecule has 0 bridgehead atoms. The van der Waals surface area contributed by atoms with Gasteiger partial charge in [-0.05, 0) is 24.0 Å². The van der Waals surface area contributed by atoms with E-state index in [1.54, 1.807) is 24.3 Å². The van der Waals surface area contributed by atoms with Crippen LogP contribution in [0.4, 0.5) is 9.59 Å². The maximum absolute atomic E-state index is 13.0. The van der Waals surface area contributed by atoms with E-state index in [0.717, 1.165) is 27.5 Å². The van der Waals surface area contributed by atoms with Gasteiger partial charge in [0, 0.05) is 7.05 Å². The lowest BCUT2D eigenvalue weighted by molar-refractivity contribution is -0.149. The van der Waals surface area contributed by atoms with Crippen molar-refractivity contribution in [3.05, 3.63) is 35.4 Å². The van der Waals surface area contributed by atoms with E-state index in [2.05, 4.69) is 5.32 Å². The van der Waals surface area contributed by atoms with Crippen molar-refractivity contribution in [1.29, 1.82) is 0 Å². The smallest absolute Gasteiger partial charge is 0.277 e. The molecular formula is C25H32N4O6. The fourth-order valence-corrected chi connectivity index (χ4v) is 4.36. The predicted molar refractivity (Wildman–Crippen MR) is 125 cm³/mol. The Morgan fingerprint density at radius 1 is 0.771 bits per heavy atom. The van der Waals surface area contributed by atoms with Crippen LogP contribution in [0.5, 0.6) is 0 Å². The third-order valence-corrected chi connectivity index (χ3v) is 6.43. The molecule has 3 rings (SSSR count). The van der Waals surface area contributed by atoms with Gasteiger partial charge in [0.1, 0.15) is 11.8 Å². The average molecular weight is 485 g/mol. The molecule has 1 aromatic carbocycles. The maximum atomic E-state index is 13.0. The molecular weight excluding hydrogens is 452 g/mol. The highest BCUT2D eigenvalue weighted by molar-refractivity contribution is 6.16. The molecule has 2 heterocycles. The van der Waals surface area contributed by atoms with Crippen molar-refractivity contribution in [2.24, 2.45) is 11.8 Å². The summed E-state index contributed by atoms with van der Waals surface area (Å²) in [5, 5.41) is 2.25. The van der Waals surface area contributed by atoms with E-state index in [-0.39, 0.29) is 13.1 Å². The fourth-order valence-electron chi connectivity index (χ4n) is 4.36. The Kier molecular flexibility index (Phi) is 8.37. The highest BCUT2D eigenvalue weighted by Gasteiger charge is 2.44. The van der Waals surface area contributed by atoms with Gasteiger partial charge in [-0.2, -0.15) is 0 Å². The number of imide groups is 4. The second-order valence-corrected chi connectivity index (χ2v) is 9.03. The van der Waals surface area contributed by atoms with Crippen molar-refractivity contribution in [2.75, 3.05) is 7.05 Å². The van der Waals surface area contributed by atoms with Gasteiger partial charge >= 0.3 is 12.1 Å². The van der Waals surface area contributed by atoms with Crippen LogP contribution in [-0.4, -0.2) is 57.4 Å². The van der Waals surface area contributed by atoms with E-state index in [0.29, 0.717) is 36.8 Å². The summed E-state index contributed by atoms with van der Waals surface area (Å²) in [6.07, 6.45) is 3.78. The van der Waals surface area contributed by atoms with Gasteiger partial charge in [-0.15, -0.1) is 0 Å². The average Bonchev–Trinajstić information content (AvgIpc) is 2.83. The zero-order valence-corrected chi connectivity index (χ0v) is 20.4. The highest BCUT2D eigenvalue weighted by atomic mass is 16.2. The highest BCUT2D eigenvalue weighted by Crippen LogP contribution is 2.24. The Labute approximate surface area is 204 Å². The maximum Gasteiger partial charge on any atom is 0.333 e. The number of unbranched alkanes of at least 4 members (excludes halogenated alkanes) is 2. The summed E-state index contributed by atoms with van der Waals surface area (Å²) in [6.45, 7) is 3.83. The third kappa shape index (κ3) is 5.58. The molecule has 0 saturated carbocycles. The minimum atomic E-state index is -0.896. The minimum Gasteiger partial charge on any atom is -0.277 e. The topological polar surface area (TPSA) is 124 Å². The van der Waals surface area contributed by atoms with Gasteiger partial charge in [-0.25, -0.2) is 9.59 Å². The number of urea groups is 2. The zero-order valence-electron chi connectivity index (χ0n) is 20.4. The van der Waals surface area contributed by atoms with Crippen LogP contribution >= 0.6 is 0 Å². The van der Waals surface area contributed by atoms with E-state index in [4.69, 9.17) is 0 Å². The second-order valence-electron chi connectivity index (χ2n) is 9.03. The number of hydrogen-bond acceptors (Lipinski definition) is 6. The van der Waals surface area contributed by atoms with Crippen LogP contribution in [0.25, 0.3) is 0 Å². The molecule has 35 heavy (non-hydrogen) atoms. The number of rotatable bonds is 10. The molecule has 2 fully saturated rings. The summed E-state index contributed by atoms with van der Waals surface area (Å²) in [5.74, 6) is -3.88. The number of carbonyl (C=O) groups excluding carboxylic acids is 6. The zero-order chi connectivity index (χ0) is 25.7. The Hall–Kier alpha value is -3.56. The summed E-state index contributed by atoms with van der Waals surface area (Å²) >= 11 is 0. The lowest BCUT2D eigenvalue weighted by atomic mass is 9.96. The van der Waals surface area contributed by atoms with Crippen molar-refractivity contribution < 1.29 is 28.8 Å². The van der Waals surface area contributed by atoms with Crippen LogP contribution in [-0.2, 0) is 32.3 Å². The Balaban J connectivity index is 1.76. The van der Waals surface area contributed by atoms with Crippen LogP contribution in [0.15, 0.2) is 24.3 Å². The van der Waals surface area contributed by atoms with Crippen LogP contribution in [0.1, 0.15) is 63.5 Å². The fraction of sp³-hybridized carbons (Fsp3) is 0.520. The number of barbiturate groups is 2. The minimum absolute atomic E-state index is 0.0382. The molecule has 0 aliphatic carbocycles.